The number of pyridine rings is 1. The molecule has 0 aliphatic carbocycles. The molecule has 0 bridgehead atoms. The molecule has 0 spiro atoms. The van der Waals surface area contributed by atoms with Crippen molar-refractivity contribution < 1.29 is 15.0 Å². The van der Waals surface area contributed by atoms with Gasteiger partial charge in [0.2, 0.25) is 0 Å². The number of nitrogens with zero attached hydrogens (tertiary/aromatic N) is 1. The first kappa shape index (κ1) is 11.1. The minimum absolute atomic E-state index is 0.00468. The van der Waals surface area contributed by atoms with Gasteiger partial charge in [-0.05, 0) is 11.6 Å². The molecular formula is C13H11NO3. The van der Waals surface area contributed by atoms with Crippen molar-refractivity contribution in [1.29, 1.82) is 0 Å². The molecule has 1 heterocycles. The number of benzene rings is 1. The SMILES string of the molecule is O=C(O)Cc1cnc(-c2ccccc2)c(O)c1. The van der Waals surface area contributed by atoms with E-state index in [0.29, 0.717) is 11.3 Å². The average molecular weight is 229 g/mol. The van der Waals surface area contributed by atoms with Crippen molar-refractivity contribution in [3.8, 4) is 17.0 Å². The molecule has 86 valence electrons. The Hall–Kier alpha value is -2.36. The molecule has 2 aromatic rings. The van der Waals surface area contributed by atoms with Crippen LogP contribution >= 0.6 is 0 Å². The lowest BCUT2D eigenvalue weighted by atomic mass is 10.1. The highest BCUT2D eigenvalue weighted by molar-refractivity contribution is 5.71. The Bertz CT molecular complexity index is 538. The summed E-state index contributed by atoms with van der Waals surface area (Å²) in [7, 11) is 0. The summed E-state index contributed by atoms with van der Waals surface area (Å²) in [5.74, 6) is -0.950. The third-order valence-corrected chi connectivity index (χ3v) is 2.33. The van der Waals surface area contributed by atoms with Crippen molar-refractivity contribution in [2.75, 3.05) is 0 Å². The van der Waals surface area contributed by atoms with Gasteiger partial charge in [0.25, 0.3) is 0 Å². The Morgan fingerprint density at radius 2 is 1.94 bits per heavy atom. The Morgan fingerprint density at radius 1 is 1.24 bits per heavy atom. The molecule has 17 heavy (non-hydrogen) atoms. The van der Waals surface area contributed by atoms with Crippen LogP contribution in [0.15, 0.2) is 42.6 Å². The van der Waals surface area contributed by atoms with Gasteiger partial charge in [0.15, 0.2) is 0 Å². The van der Waals surface area contributed by atoms with Crippen LogP contribution in [0.1, 0.15) is 5.56 Å². The monoisotopic (exact) mass is 229 g/mol. The third kappa shape index (κ3) is 2.60. The molecule has 0 saturated heterocycles. The summed E-state index contributed by atoms with van der Waals surface area (Å²) in [6, 6.07) is 10.7. The molecule has 2 rings (SSSR count). The van der Waals surface area contributed by atoms with Crippen LogP contribution in [0.4, 0.5) is 0 Å². The fraction of sp³-hybridized carbons (Fsp3) is 0.0769. The summed E-state index contributed by atoms with van der Waals surface area (Å²) in [6.45, 7) is 0. The zero-order valence-corrected chi connectivity index (χ0v) is 9.00. The third-order valence-electron chi connectivity index (χ3n) is 2.33. The maximum absolute atomic E-state index is 10.5. The highest BCUT2D eigenvalue weighted by atomic mass is 16.4. The number of aliphatic carboxylic acids is 1. The van der Waals surface area contributed by atoms with Gasteiger partial charge in [-0.25, -0.2) is 0 Å². The largest absolute Gasteiger partial charge is 0.506 e. The van der Waals surface area contributed by atoms with Crippen LogP contribution < -0.4 is 0 Å². The summed E-state index contributed by atoms with van der Waals surface area (Å²) in [5.41, 5.74) is 1.74. The molecule has 0 radical (unpaired) electrons. The first-order valence-corrected chi connectivity index (χ1v) is 5.12. The fourth-order valence-corrected chi connectivity index (χ4v) is 1.58. The van der Waals surface area contributed by atoms with E-state index in [1.54, 1.807) is 0 Å². The molecule has 2 N–H and O–H groups in total. The quantitative estimate of drug-likeness (QED) is 0.845. The Balaban J connectivity index is 2.35. The Morgan fingerprint density at radius 3 is 2.53 bits per heavy atom. The highest BCUT2D eigenvalue weighted by Crippen LogP contribution is 2.27. The van der Waals surface area contributed by atoms with E-state index in [1.165, 1.54) is 12.3 Å². The second-order valence-corrected chi connectivity index (χ2v) is 3.65. The van der Waals surface area contributed by atoms with E-state index >= 15 is 0 Å². The lowest BCUT2D eigenvalue weighted by Crippen LogP contribution is -2.00. The topological polar surface area (TPSA) is 70.4 Å². The van der Waals surface area contributed by atoms with Gasteiger partial charge in [-0.2, -0.15) is 0 Å². The standard InChI is InChI=1S/C13H11NO3/c15-11-6-9(7-12(16)17)8-14-13(11)10-4-2-1-3-5-10/h1-6,8,15H,7H2,(H,16,17). The number of carboxylic acids is 1. The Labute approximate surface area is 98.2 Å². The molecule has 0 aliphatic rings. The van der Waals surface area contributed by atoms with Gasteiger partial charge in [0, 0.05) is 11.8 Å². The van der Waals surface area contributed by atoms with E-state index in [9.17, 15) is 9.90 Å². The van der Waals surface area contributed by atoms with Gasteiger partial charge >= 0.3 is 5.97 Å². The van der Waals surface area contributed by atoms with Gasteiger partial charge in [0.1, 0.15) is 11.4 Å². The van der Waals surface area contributed by atoms with Crippen LogP contribution in [0.3, 0.4) is 0 Å². The van der Waals surface area contributed by atoms with Gasteiger partial charge in [-0.15, -0.1) is 0 Å². The summed E-state index contributed by atoms with van der Waals surface area (Å²) >= 11 is 0. The lowest BCUT2D eigenvalue weighted by molar-refractivity contribution is -0.136. The number of hydrogen-bond donors (Lipinski definition) is 2. The van der Waals surface area contributed by atoms with E-state index < -0.39 is 5.97 Å². The number of aromatic nitrogens is 1. The molecule has 1 aromatic heterocycles. The van der Waals surface area contributed by atoms with Crippen molar-refractivity contribution in [3.63, 3.8) is 0 Å². The van der Waals surface area contributed by atoms with Crippen molar-refractivity contribution >= 4 is 5.97 Å². The van der Waals surface area contributed by atoms with Crippen molar-refractivity contribution in [1.82, 2.24) is 4.98 Å². The first-order valence-electron chi connectivity index (χ1n) is 5.12. The molecule has 4 heteroatoms. The molecule has 0 fully saturated rings. The van der Waals surface area contributed by atoms with E-state index in [4.69, 9.17) is 5.11 Å². The second kappa shape index (κ2) is 4.65. The summed E-state index contributed by atoms with van der Waals surface area (Å²) < 4.78 is 0. The smallest absolute Gasteiger partial charge is 0.307 e. The van der Waals surface area contributed by atoms with Gasteiger partial charge in [0.05, 0.1) is 6.42 Å². The van der Waals surface area contributed by atoms with Crippen LogP contribution in [0.25, 0.3) is 11.3 Å². The summed E-state index contributed by atoms with van der Waals surface area (Å²) in [4.78, 5) is 14.6. The first-order chi connectivity index (χ1) is 8.16. The van der Waals surface area contributed by atoms with Gasteiger partial charge in [-0.1, -0.05) is 30.3 Å². The molecule has 4 nitrogen and oxygen atoms in total. The van der Waals surface area contributed by atoms with Crippen LogP contribution in [0.5, 0.6) is 5.75 Å². The number of aromatic hydroxyl groups is 1. The van der Waals surface area contributed by atoms with Crippen molar-refractivity contribution in [3.05, 3.63) is 48.2 Å². The molecule has 0 atom stereocenters. The molecule has 0 aliphatic heterocycles. The van der Waals surface area contributed by atoms with E-state index in [0.717, 1.165) is 5.56 Å². The van der Waals surface area contributed by atoms with Crippen LogP contribution in [-0.4, -0.2) is 21.2 Å². The Kier molecular flexibility index (Phi) is 3.05. The van der Waals surface area contributed by atoms with E-state index in [-0.39, 0.29) is 12.2 Å². The number of carbonyl (C=O) groups is 1. The minimum atomic E-state index is -0.946. The minimum Gasteiger partial charge on any atom is -0.506 e. The highest BCUT2D eigenvalue weighted by Gasteiger charge is 2.08. The lowest BCUT2D eigenvalue weighted by Gasteiger charge is -2.05. The molecule has 0 unspecified atom stereocenters. The van der Waals surface area contributed by atoms with E-state index in [2.05, 4.69) is 4.98 Å². The fourth-order valence-electron chi connectivity index (χ4n) is 1.58. The number of rotatable bonds is 3. The van der Waals surface area contributed by atoms with Crippen LogP contribution in [0.2, 0.25) is 0 Å². The molecule has 0 amide bonds. The zero-order chi connectivity index (χ0) is 12.3. The van der Waals surface area contributed by atoms with E-state index in [1.807, 2.05) is 30.3 Å². The van der Waals surface area contributed by atoms with Crippen LogP contribution in [0, 0.1) is 0 Å². The van der Waals surface area contributed by atoms with Crippen molar-refractivity contribution in [2.24, 2.45) is 0 Å². The van der Waals surface area contributed by atoms with Gasteiger partial charge < -0.3 is 10.2 Å². The average Bonchev–Trinajstić information content (AvgIpc) is 2.29. The normalized spacial score (nSPS) is 10.1. The number of carboxylic acid groups (broad SMARTS) is 1. The second-order valence-electron chi connectivity index (χ2n) is 3.65. The van der Waals surface area contributed by atoms with Crippen molar-refractivity contribution in [2.45, 2.75) is 6.42 Å². The maximum atomic E-state index is 10.5. The molecule has 0 saturated carbocycles. The van der Waals surface area contributed by atoms with Crippen LogP contribution in [-0.2, 0) is 11.2 Å². The number of hydrogen-bond acceptors (Lipinski definition) is 3. The predicted octanol–water partition coefficient (Wildman–Crippen LogP) is 2.08. The summed E-state index contributed by atoms with van der Waals surface area (Å²) in [6.07, 6.45) is 1.33. The van der Waals surface area contributed by atoms with Gasteiger partial charge in [-0.3, -0.25) is 9.78 Å². The molecule has 1 aromatic carbocycles. The zero-order valence-electron chi connectivity index (χ0n) is 9.00. The summed E-state index contributed by atoms with van der Waals surface area (Å²) in [5, 5.41) is 18.4. The maximum Gasteiger partial charge on any atom is 0.307 e. The predicted molar refractivity (Wildman–Crippen MR) is 62.7 cm³/mol. The molecular weight excluding hydrogens is 218 g/mol.